The molecule has 234 valence electrons. The van der Waals surface area contributed by atoms with E-state index in [1.54, 1.807) is 14.0 Å². The summed E-state index contributed by atoms with van der Waals surface area (Å²) in [6, 6.07) is 7.65. The summed E-state index contributed by atoms with van der Waals surface area (Å²) in [5.74, 6) is -1.18. The van der Waals surface area contributed by atoms with E-state index < -0.39 is 58.6 Å². The molecule has 4 aliphatic carbocycles. The third-order valence-corrected chi connectivity index (χ3v) is 11.4. The van der Waals surface area contributed by atoms with Crippen LogP contribution in [-0.2, 0) is 25.6 Å². The van der Waals surface area contributed by atoms with Gasteiger partial charge in [0, 0.05) is 23.3 Å². The van der Waals surface area contributed by atoms with Crippen LogP contribution in [0, 0.1) is 22.7 Å². The van der Waals surface area contributed by atoms with Gasteiger partial charge in [-0.3, -0.25) is 14.5 Å². The first kappa shape index (κ1) is 30.6. The topological polar surface area (TPSA) is 85.3 Å². The summed E-state index contributed by atoms with van der Waals surface area (Å²) in [6.45, 7) is 6.08. The Bertz CT molecular complexity index is 1350. The predicted molar refractivity (Wildman–Crippen MR) is 156 cm³/mol. The Kier molecular flexibility index (Phi) is 7.51. The van der Waals surface area contributed by atoms with Crippen molar-refractivity contribution in [1.82, 2.24) is 4.90 Å². The molecule has 6 rings (SSSR count). The van der Waals surface area contributed by atoms with Gasteiger partial charge in [0.25, 0.3) is 0 Å². The van der Waals surface area contributed by atoms with Crippen LogP contribution in [0.1, 0.15) is 58.4 Å². The predicted octanol–water partition coefficient (Wildman–Crippen LogP) is 4.91. The number of alkyl halides is 2. The van der Waals surface area contributed by atoms with Gasteiger partial charge in [-0.2, -0.15) is 0 Å². The standard InChI is InChI=1S/C34H43F2NO6/c1-6-7-30-42-29-16-23-24-15-26(35)25-14-21(38)12-13-31(25,2)33(24,36)27(39)17-32(23,3)34(29,43-30)28(40)19-37(4)18-20-8-10-22(41-5)11-9-20/h8-14,23-24,26-27,29-30,39H,6-7,15-19H2,1-5H3/t23-,24-,26-,27-,29+,30?,31-,32-,33-,34+/m0/s1. The molecule has 0 bridgehead atoms. The number of ether oxygens (including phenoxy) is 3. The molecule has 9 heteroatoms. The quantitative estimate of drug-likeness (QED) is 0.455. The summed E-state index contributed by atoms with van der Waals surface area (Å²) in [5.41, 5.74) is -5.01. The van der Waals surface area contributed by atoms with Gasteiger partial charge in [-0.25, -0.2) is 8.78 Å². The highest BCUT2D eigenvalue weighted by molar-refractivity contribution is 6.01. The minimum Gasteiger partial charge on any atom is -0.497 e. The largest absolute Gasteiger partial charge is 0.497 e. The molecule has 1 aliphatic heterocycles. The Hall–Kier alpha value is -2.46. The summed E-state index contributed by atoms with van der Waals surface area (Å²) in [4.78, 5) is 28.6. The van der Waals surface area contributed by atoms with Crippen molar-refractivity contribution >= 4 is 11.6 Å². The normalized spacial score (nSPS) is 43.1. The van der Waals surface area contributed by atoms with Gasteiger partial charge in [0.05, 0.1) is 25.9 Å². The van der Waals surface area contributed by atoms with Crippen molar-refractivity contribution in [1.29, 1.82) is 0 Å². The molecule has 10 atom stereocenters. The molecular weight excluding hydrogens is 556 g/mol. The van der Waals surface area contributed by atoms with Crippen LogP contribution in [-0.4, -0.2) is 78.2 Å². The Morgan fingerprint density at radius 2 is 1.91 bits per heavy atom. The number of likely N-dealkylation sites (N-methyl/N-ethyl adjacent to an activating group) is 1. The molecular formula is C34H43F2NO6. The third-order valence-electron chi connectivity index (χ3n) is 11.4. The van der Waals surface area contributed by atoms with Crippen molar-refractivity contribution in [2.75, 3.05) is 20.7 Å². The number of aliphatic hydroxyl groups excluding tert-OH is 1. The fraction of sp³-hybridized carbons (Fsp3) is 0.647. The van der Waals surface area contributed by atoms with E-state index in [9.17, 15) is 14.7 Å². The van der Waals surface area contributed by atoms with Gasteiger partial charge in [-0.05, 0) is 81.0 Å². The smallest absolute Gasteiger partial charge is 0.181 e. The molecule has 0 radical (unpaired) electrons. The second kappa shape index (κ2) is 10.6. The second-order valence-corrected chi connectivity index (χ2v) is 13.7. The molecule has 1 heterocycles. The molecule has 1 unspecified atom stereocenters. The lowest BCUT2D eigenvalue weighted by Gasteiger charge is -2.63. The van der Waals surface area contributed by atoms with Crippen molar-refractivity contribution in [2.45, 2.75) is 95.4 Å². The highest BCUT2D eigenvalue weighted by Crippen LogP contribution is 2.72. The zero-order valence-electron chi connectivity index (χ0n) is 25.6. The number of fused-ring (bicyclic) bond motifs is 7. The van der Waals surface area contributed by atoms with Crippen LogP contribution in [0.2, 0.25) is 0 Å². The number of allylic oxidation sites excluding steroid dienone is 4. The highest BCUT2D eigenvalue weighted by Gasteiger charge is 2.79. The number of benzene rings is 1. The number of hydrogen-bond acceptors (Lipinski definition) is 7. The summed E-state index contributed by atoms with van der Waals surface area (Å²) >= 11 is 0. The summed E-state index contributed by atoms with van der Waals surface area (Å²) < 4.78 is 51.8. The first-order valence-corrected chi connectivity index (χ1v) is 15.5. The molecule has 1 N–H and O–H groups in total. The fourth-order valence-corrected chi connectivity index (χ4v) is 9.35. The van der Waals surface area contributed by atoms with E-state index in [1.165, 1.54) is 18.2 Å². The van der Waals surface area contributed by atoms with Gasteiger partial charge >= 0.3 is 0 Å². The molecule has 0 amide bonds. The molecule has 7 nitrogen and oxygen atoms in total. The zero-order chi connectivity index (χ0) is 30.9. The molecule has 4 fully saturated rings. The Balaban J connectivity index is 1.34. The molecule has 0 spiro atoms. The van der Waals surface area contributed by atoms with Crippen LogP contribution in [0.3, 0.4) is 0 Å². The third kappa shape index (κ3) is 4.25. The first-order valence-electron chi connectivity index (χ1n) is 15.5. The van der Waals surface area contributed by atoms with Crippen LogP contribution in [0.15, 0.2) is 48.1 Å². The van der Waals surface area contributed by atoms with E-state index in [0.717, 1.165) is 17.7 Å². The molecule has 3 saturated carbocycles. The number of nitrogens with zero attached hydrogens (tertiary/aromatic N) is 1. The maximum atomic E-state index is 17.6. The number of Topliss-reactive ketones (excluding diaryl/α,β-unsaturated/α-hetero) is 1. The van der Waals surface area contributed by atoms with E-state index in [2.05, 4.69) is 0 Å². The Morgan fingerprint density at radius 3 is 2.58 bits per heavy atom. The summed E-state index contributed by atoms with van der Waals surface area (Å²) in [7, 11) is 3.48. The Morgan fingerprint density at radius 1 is 1.19 bits per heavy atom. The van der Waals surface area contributed by atoms with Gasteiger partial charge < -0.3 is 19.3 Å². The number of aliphatic hydroxyl groups is 1. The van der Waals surface area contributed by atoms with Crippen molar-refractivity contribution in [3.63, 3.8) is 0 Å². The SMILES string of the molecule is CCCC1O[C@@H]2C[C@H]3[C@@H]4C[C@H](F)C5=CC(=O)C=C[C@]5(C)[C@@]4(F)[C@@H](O)C[C@]3(C)[C@]2(C(=O)CN(C)Cc2ccc(OC)cc2)O1. The lowest BCUT2D eigenvalue weighted by molar-refractivity contribution is -0.234. The number of rotatable bonds is 8. The maximum Gasteiger partial charge on any atom is 0.181 e. The number of carbonyl (C=O) groups excluding carboxylic acids is 2. The van der Waals surface area contributed by atoms with Crippen molar-refractivity contribution < 1.29 is 37.7 Å². The molecule has 0 aromatic heterocycles. The molecule has 1 aromatic rings. The van der Waals surface area contributed by atoms with Gasteiger partial charge in [-0.15, -0.1) is 0 Å². The number of methoxy groups -OCH3 is 1. The van der Waals surface area contributed by atoms with Crippen molar-refractivity contribution in [3.05, 3.63) is 53.6 Å². The summed E-state index contributed by atoms with van der Waals surface area (Å²) in [6.07, 6.45) is 1.13. The zero-order valence-corrected chi connectivity index (χ0v) is 25.6. The van der Waals surface area contributed by atoms with E-state index in [0.29, 0.717) is 19.4 Å². The minimum atomic E-state index is -2.22. The average Bonchev–Trinajstić information content (AvgIpc) is 3.44. The molecule has 1 aromatic carbocycles. The number of halogens is 2. The lowest BCUT2D eigenvalue weighted by Crippen LogP contribution is -2.71. The van der Waals surface area contributed by atoms with Crippen LogP contribution < -0.4 is 4.74 Å². The molecule has 43 heavy (non-hydrogen) atoms. The van der Waals surface area contributed by atoms with Gasteiger partial charge in [-0.1, -0.05) is 38.5 Å². The molecule has 1 saturated heterocycles. The van der Waals surface area contributed by atoms with Crippen LogP contribution in [0.5, 0.6) is 5.75 Å². The first-order chi connectivity index (χ1) is 20.3. The maximum absolute atomic E-state index is 17.6. The van der Waals surface area contributed by atoms with E-state index in [4.69, 9.17) is 14.2 Å². The Labute approximate surface area is 252 Å². The van der Waals surface area contributed by atoms with E-state index >= 15 is 8.78 Å². The van der Waals surface area contributed by atoms with Crippen molar-refractivity contribution in [3.8, 4) is 5.75 Å². The monoisotopic (exact) mass is 599 g/mol. The summed E-state index contributed by atoms with van der Waals surface area (Å²) in [5, 5.41) is 11.8. The second-order valence-electron chi connectivity index (χ2n) is 13.7. The number of ketones is 2. The van der Waals surface area contributed by atoms with Crippen molar-refractivity contribution in [2.24, 2.45) is 22.7 Å². The van der Waals surface area contributed by atoms with Crippen LogP contribution in [0.4, 0.5) is 8.78 Å². The average molecular weight is 600 g/mol. The number of hydrogen-bond donors (Lipinski definition) is 1. The van der Waals surface area contributed by atoms with E-state index in [-0.39, 0.29) is 36.5 Å². The van der Waals surface area contributed by atoms with Gasteiger partial charge in [0.1, 0.15) is 11.9 Å². The highest BCUT2D eigenvalue weighted by atomic mass is 19.1. The van der Waals surface area contributed by atoms with Gasteiger partial charge in [0.2, 0.25) is 0 Å². The van der Waals surface area contributed by atoms with Crippen LogP contribution in [0.25, 0.3) is 0 Å². The molecule has 5 aliphatic rings. The van der Waals surface area contributed by atoms with Gasteiger partial charge in [0.15, 0.2) is 29.1 Å². The lowest BCUT2D eigenvalue weighted by atomic mass is 9.44. The minimum absolute atomic E-state index is 0.0427. The van der Waals surface area contributed by atoms with E-state index in [1.807, 2.05) is 50.1 Å². The fourth-order valence-electron chi connectivity index (χ4n) is 9.35. The van der Waals surface area contributed by atoms with Crippen LogP contribution >= 0.6 is 0 Å². The number of carbonyl (C=O) groups is 2.